The fourth-order valence-electron chi connectivity index (χ4n) is 2.63. The fraction of sp³-hybridized carbons (Fsp3) is 0.222. The summed E-state index contributed by atoms with van der Waals surface area (Å²) in [5, 5.41) is 14.3. The topological polar surface area (TPSA) is 60.2 Å². The third-order valence-electron chi connectivity index (χ3n) is 4.06. The van der Waals surface area contributed by atoms with Crippen molar-refractivity contribution in [3.8, 4) is 28.6 Å². The molecule has 0 spiro atoms. The minimum atomic E-state index is 0.258. The highest BCUT2D eigenvalue weighted by Crippen LogP contribution is 2.41. The van der Waals surface area contributed by atoms with Gasteiger partial charge in [-0.1, -0.05) is 0 Å². The Kier molecular flexibility index (Phi) is 3.26. The zero-order valence-electron chi connectivity index (χ0n) is 12.8. The monoisotopic (exact) mass is 307 g/mol. The van der Waals surface area contributed by atoms with Crippen LogP contribution in [0.2, 0.25) is 0 Å². The van der Waals surface area contributed by atoms with Crippen molar-refractivity contribution in [1.29, 1.82) is 0 Å². The van der Waals surface area contributed by atoms with Crippen LogP contribution >= 0.6 is 0 Å². The first-order valence-corrected chi connectivity index (χ1v) is 7.64. The molecule has 0 amide bonds. The third-order valence-corrected chi connectivity index (χ3v) is 4.06. The molecule has 5 heteroatoms. The predicted octanol–water partition coefficient (Wildman–Crippen LogP) is 3.53. The number of phenolic OH excluding ortho intramolecular Hbond substituents is 1. The summed E-state index contributed by atoms with van der Waals surface area (Å²) in [5.74, 6) is 1.40. The summed E-state index contributed by atoms with van der Waals surface area (Å²) in [6, 6.07) is 13.1. The van der Waals surface area contributed by atoms with E-state index in [9.17, 15) is 5.11 Å². The number of hydrogen-bond acceptors (Lipinski definition) is 4. The smallest absolute Gasteiger partial charge is 0.213 e. The first-order valence-electron chi connectivity index (χ1n) is 7.64. The van der Waals surface area contributed by atoms with Gasteiger partial charge in [0.1, 0.15) is 5.75 Å². The summed E-state index contributed by atoms with van der Waals surface area (Å²) in [5.41, 5.74) is 4.02. The van der Waals surface area contributed by atoms with Gasteiger partial charge in [0.05, 0.1) is 30.4 Å². The highest BCUT2D eigenvalue weighted by atomic mass is 16.5. The van der Waals surface area contributed by atoms with Gasteiger partial charge in [0, 0.05) is 17.5 Å². The van der Waals surface area contributed by atoms with Gasteiger partial charge < -0.3 is 9.84 Å². The second kappa shape index (κ2) is 5.43. The van der Waals surface area contributed by atoms with Crippen molar-refractivity contribution in [2.24, 2.45) is 0 Å². The lowest BCUT2D eigenvalue weighted by Gasteiger charge is -2.08. The number of rotatable bonds is 4. The molecule has 0 atom stereocenters. The van der Waals surface area contributed by atoms with Crippen molar-refractivity contribution in [3.05, 3.63) is 54.4 Å². The number of methoxy groups -OCH3 is 1. The van der Waals surface area contributed by atoms with E-state index < -0.39 is 0 Å². The molecule has 0 aliphatic heterocycles. The quantitative estimate of drug-likeness (QED) is 0.801. The molecule has 2 aromatic heterocycles. The van der Waals surface area contributed by atoms with Gasteiger partial charge in [-0.25, -0.2) is 9.67 Å². The van der Waals surface area contributed by atoms with Crippen LogP contribution in [0.4, 0.5) is 0 Å². The molecule has 4 rings (SSSR count). The molecular formula is C18H17N3O2. The fourth-order valence-corrected chi connectivity index (χ4v) is 2.63. The summed E-state index contributed by atoms with van der Waals surface area (Å²) < 4.78 is 7.03. The van der Waals surface area contributed by atoms with E-state index in [1.807, 2.05) is 28.9 Å². The molecule has 1 saturated carbocycles. The van der Waals surface area contributed by atoms with Gasteiger partial charge >= 0.3 is 0 Å². The molecular weight excluding hydrogens is 290 g/mol. The third kappa shape index (κ3) is 2.65. The van der Waals surface area contributed by atoms with Gasteiger partial charge in [0.2, 0.25) is 5.88 Å². The molecule has 2 heterocycles. The Hall–Kier alpha value is -2.82. The molecule has 1 aliphatic carbocycles. The molecule has 5 nitrogen and oxygen atoms in total. The molecule has 3 aromatic rings. The molecule has 0 saturated heterocycles. The number of ether oxygens (including phenoxy) is 1. The molecule has 0 unspecified atom stereocenters. The average molecular weight is 307 g/mol. The van der Waals surface area contributed by atoms with E-state index in [0.29, 0.717) is 11.8 Å². The maximum Gasteiger partial charge on any atom is 0.213 e. The molecule has 0 bridgehead atoms. The van der Waals surface area contributed by atoms with E-state index in [-0.39, 0.29) is 5.75 Å². The van der Waals surface area contributed by atoms with Crippen LogP contribution in [0.25, 0.3) is 16.9 Å². The summed E-state index contributed by atoms with van der Waals surface area (Å²) >= 11 is 0. The van der Waals surface area contributed by atoms with Gasteiger partial charge in [-0.3, -0.25) is 0 Å². The van der Waals surface area contributed by atoms with Gasteiger partial charge in [-0.05, 0) is 49.2 Å². The van der Waals surface area contributed by atoms with Crippen molar-refractivity contribution in [2.45, 2.75) is 18.8 Å². The van der Waals surface area contributed by atoms with Gasteiger partial charge in [0.15, 0.2) is 0 Å². The zero-order chi connectivity index (χ0) is 15.8. The second-order valence-electron chi connectivity index (χ2n) is 5.75. The van der Waals surface area contributed by atoms with Crippen molar-refractivity contribution in [1.82, 2.24) is 14.8 Å². The van der Waals surface area contributed by atoms with Crippen molar-refractivity contribution >= 4 is 0 Å². The van der Waals surface area contributed by atoms with Crippen molar-refractivity contribution in [2.75, 3.05) is 7.11 Å². The Balaban J connectivity index is 1.81. The van der Waals surface area contributed by atoms with E-state index in [4.69, 9.17) is 9.84 Å². The maximum atomic E-state index is 9.50. The number of phenols is 1. The van der Waals surface area contributed by atoms with E-state index in [1.54, 1.807) is 25.4 Å². The molecule has 1 N–H and O–H groups in total. The summed E-state index contributed by atoms with van der Waals surface area (Å²) in [6.07, 6.45) is 4.16. The minimum Gasteiger partial charge on any atom is -0.508 e. The first-order chi connectivity index (χ1) is 11.2. The standard InChI is InChI=1S/C18H17N3O2/c1-23-18-9-6-14(11-19-18)21-17(10-16(20-21)12-2-3-12)13-4-7-15(22)8-5-13/h4-12,22H,2-3H2,1H3. The molecule has 0 radical (unpaired) electrons. The second-order valence-corrected chi connectivity index (χ2v) is 5.75. The van der Waals surface area contributed by atoms with Crippen LogP contribution in [0.1, 0.15) is 24.5 Å². The lowest BCUT2D eigenvalue weighted by molar-refractivity contribution is 0.397. The number of nitrogens with zero attached hydrogens (tertiary/aromatic N) is 3. The Morgan fingerprint density at radius 1 is 1.13 bits per heavy atom. The largest absolute Gasteiger partial charge is 0.508 e. The van der Waals surface area contributed by atoms with E-state index in [2.05, 4.69) is 11.1 Å². The number of aromatic hydroxyl groups is 1. The number of hydrogen-bond donors (Lipinski definition) is 1. The van der Waals surface area contributed by atoms with E-state index in [0.717, 1.165) is 22.6 Å². The van der Waals surface area contributed by atoms with Crippen LogP contribution in [0.3, 0.4) is 0 Å². The van der Waals surface area contributed by atoms with Crippen LogP contribution in [-0.2, 0) is 0 Å². The van der Waals surface area contributed by atoms with Crippen LogP contribution in [-0.4, -0.2) is 27.0 Å². The molecule has 1 aliphatic rings. The average Bonchev–Trinajstić information content (AvgIpc) is 3.35. The zero-order valence-corrected chi connectivity index (χ0v) is 12.8. The van der Waals surface area contributed by atoms with Crippen LogP contribution in [0.15, 0.2) is 48.7 Å². The Morgan fingerprint density at radius 2 is 1.91 bits per heavy atom. The summed E-state index contributed by atoms with van der Waals surface area (Å²) in [7, 11) is 1.60. The van der Waals surface area contributed by atoms with Crippen molar-refractivity contribution in [3.63, 3.8) is 0 Å². The van der Waals surface area contributed by atoms with Crippen LogP contribution < -0.4 is 4.74 Å². The first kappa shape index (κ1) is 13.8. The van der Waals surface area contributed by atoms with E-state index >= 15 is 0 Å². The maximum absolute atomic E-state index is 9.50. The van der Waals surface area contributed by atoms with Crippen LogP contribution in [0, 0.1) is 0 Å². The van der Waals surface area contributed by atoms with Gasteiger partial charge in [0.25, 0.3) is 0 Å². The van der Waals surface area contributed by atoms with Gasteiger partial charge in [-0.15, -0.1) is 0 Å². The van der Waals surface area contributed by atoms with Crippen LogP contribution in [0.5, 0.6) is 11.6 Å². The highest BCUT2D eigenvalue weighted by molar-refractivity contribution is 5.63. The lowest BCUT2D eigenvalue weighted by Crippen LogP contribution is -2.00. The number of pyridine rings is 1. The minimum absolute atomic E-state index is 0.258. The molecule has 1 aromatic carbocycles. The number of aromatic nitrogens is 3. The highest BCUT2D eigenvalue weighted by Gasteiger charge is 2.27. The Bertz CT molecular complexity index is 818. The normalized spacial score (nSPS) is 14.0. The Morgan fingerprint density at radius 3 is 2.52 bits per heavy atom. The predicted molar refractivity (Wildman–Crippen MR) is 87.0 cm³/mol. The van der Waals surface area contributed by atoms with Crippen molar-refractivity contribution < 1.29 is 9.84 Å². The molecule has 116 valence electrons. The molecule has 1 fully saturated rings. The SMILES string of the molecule is COc1ccc(-n2nc(C3CC3)cc2-c2ccc(O)cc2)cn1. The summed E-state index contributed by atoms with van der Waals surface area (Å²) in [6.45, 7) is 0. The van der Waals surface area contributed by atoms with E-state index in [1.165, 1.54) is 12.8 Å². The Labute approximate surface area is 134 Å². The summed E-state index contributed by atoms with van der Waals surface area (Å²) in [4.78, 5) is 4.27. The number of benzene rings is 1. The van der Waals surface area contributed by atoms with Gasteiger partial charge in [-0.2, -0.15) is 5.10 Å². The molecule has 23 heavy (non-hydrogen) atoms. The lowest BCUT2D eigenvalue weighted by atomic mass is 10.1.